The van der Waals surface area contributed by atoms with Crippen LogP contribution in [0.2, 0.25) is 0 Å². The van der Waals surface area contributed by atoms with Gasteiger partial charge in [-0.05, 0) is 24.8 Å². The van der Waals surface area contributed by atoms with E-state index in [-0.39, 0.29) is 12.0 Å². The van der Waals surface area contributed by atoms with E-state index >= 15 is 0 Å². The molecule has 1 fully saturated rings. The smallest absolute Gasteiger partial charge is 0.410 e. The van der Waals surface area contributed by atoms with Gasteiger partial charge in [-0.15, -0.1) is 0 Å². The summed E-state index contributed by atoms with van der Waals surface area (Å²) in [5.41, 5.74) is 1.03. The van der Waals surface area contributed by atoms with Crippen LogP contribution < -0.4 is 0 Å². The van der Waals surface area contributed by atoms with Crippen molar-refractivity contribution in [3.8, 4) is 0 Å². The van der Waals surface area contributed by atoms with E-state index in [1.54, 1.807) is 11.8 Å². The number of ether oxygens (including phenoxy) is 1. The number of benzene rings is 1. The molecule has 1 amide bonds. The van der Waals surface area contributed by atoms with E-state index in [1.807, 2.05) is 30.3 Å². The number of carboxylic acid groups (broad SMARTS) is 1. The zero-order valence-corrected chi connectivity index (χ0v) is 19.7. The fraction of sp³-hybridized carbons (Fsp3) is 0.692. The number of carboxylic acids is 1. The van der Waals surface area contributed by atoms with Crippen LogP contribution in [0, 0.1) is 5.92 Å². The average Bonchev–Trinajstić information content (AvgIpc) is 3.32. The van der Waals surface area contributed by atoms with Gasteiger partial charge < -0.3 is 14.7 Å². The number of unbranched alkanes of at least 4 members (excludes halogenated alkanes) is 8. The number of carbonyl (C=O) groups is 2. The number of likely N-dealkylation sites (tertiary alicyclic amines) is 1. The monoisotopic (exact) mass is 433 g/mol. The molecule has 1 saturated heterocycles. The predicted octanol–water partition coefficient (Wildman–Crippen LogP) is 7.05. The third-order valence-corrected chi connectivity index (χ3v) is 5.73. The minimum Gasteiger partial charge on any atom is -0.481 e. The lowest BCUT2D eigenvalue weighted by atomic mass is 10.0. The standard InChI is InChI=1S/C14H28O2.C12H15NO2/c1-3-4-5-6-7-8-9-10-11-12-13(2)14(15)16;14-12(13-8-4-5-9-13)15-10-11-6-2-1-3-7-11/h13H,3-12H2,1-2H3,(H,15,16);1-3,6-7H,4-5,8-10H2. The molecular weight excluding hydrogens is 390 g/mol. The minimum atomic E-state index is -0.653. The second-order valence-corrected chi connectivity index (χ2v) is 8.59. The molecular formula is C26H43NO4. The number of hydrogen-bond acceptors (Lipinski definition) is 3. The van der Waals surface area contributed by atoms with Crippen molar-refractivity contribution in [2.45, 2.75) is 97.5 Å². The fourth-order valence-corrected chi connectivity index (χ4v) is 3.59. The molecule has 1 aromatic carbocycles. The van der Waals surface area contributed by atoms with Crippen molar-refractivity contribution in [1.82, 2.24) is 4.90 Å². The summed E-state index contributed by atoms with van der Waals surface area (Å²) in [5, 5.41) is 8.71. The summed E-state index contributed by atoms with van der Waals surface area (Å²) >= 11 is 0. The average molecular weight is 434 g/mol. The maximum Gasteiger partial charge on any atom is 0.410 e. The highest BCUT2D eigenvalue weighted by molar-refractivity contribution is 5.69. The summed E-state index contributed by atoms with van der Waals surface area (Å²) in [6, 6.07) is 9.75. The molecule has 1 heterocycles. The van der Waals surface area contributed by atoms with Crippen molar-refractivity contribution < 1.29 is 19.4 Å². The summed E-state index contributed by atoms with van der Waals surface area (Å²) in [6.45, 7) is 6.09. The van der Waals surface area contributed by atoms with Gasteiger partial charge in [0.25, 0.3) is 0 Å². The molecule has 0 aliphatic carbocycles. The number of carbonyl (C=O) groups excluding carboxylic acids is 1. The van der Waals surface area contributed by atoms with Gasteiger partial charge in [-0.2, -0.15) is 0 Å². The number of rotatable bonds is 13. The minimum absolute atomic E-state index is 0.162. The Balaban J connectivity index is 0.000000310. The quantitative estimate of drug-likeness (QED) is 0.339. The van der Waals surface area contributed by atoms with Gasteiger partial charge in [0.1, 0.15) is 6.61 Å². The molecule has 1 aromatic rings. The van der Waals surface area contributed by atoms with Crippen LogP contribution >= 0.6 is 0 Å². The third kappa shape index (κ3) is 13.8. The van der Waals surface area contributed by atoms with Crippen LogP contribution in [0.15, 0.2) is 30.3 Å². The van der Waals surface area contributed by atoms with E-state index in [0.29, 0.717) is 6.61 Å². The summed E-state index contributed by atoms with van der Waals surface area (Å²) in [5.74, 6) is -0.816. The lowest BCUT2D eigenvalue weighted by Gasteiger charge is -2.14. The van der Waals surface area contributed by atoms with Gasteiger partial charge in [-0.25, -0.2) is 4.79 Å². The predicted molar refractivity (Wildman–Crippen MR) is 126 cm³/mol. The number of aliphatic carboxylic acids is 1. The normalized spacial score (nSPS) is 13.9. The molecule has 0 aromatic heterocycles. The highest BCUT2D eigenvalue weighted by atomic mass is 16.6. The molecule has 5 nitrogen and oxygen atoms in total. The molecule has 0 bridgehead atoms. The molecule has 1 aliphatic heterocycles. The fourth-order valence-electron chi connectivity index (χ4n) is 3.59. The summed E-state index contributed by atoms with van der Waals surface area (Å²) < 4.78 is 5.20. The molecule has 0 saturated carbocycles. The van der Waals surface area contributed by atoms with Gasteiger partial charge in [0.05, 0.1) is 5.92 Å². The second kappa shape index (κ2) is 17.6. The molecule has 2 rings (SSSR count). The lowest BCUT2D eigenvalue weighted by molar-refractivity contribution is -0.141. The van der Waals surface area contributed by atoms with Crippen LogP contribution in [0.3, 0.4) is 0 Å². The first-order valence-corrected chi connectivity index (χ1v) is 12.2. The van der Waals surface area contributed by atoms with Crippen LogP contribution in [-0.4, -0.2) is 35.2 Å². The summed E-state index contributed by atoms with van der Waals surface area (Å²) in [6.07, 6.45) is 14.5. The Bertz CT molecular complexity index is 584. The third-order valence-electron chi connectivity index (χ3n) is 5.73. The van der Waals surface area contributed by atoms with Gasteiger partial charge in [0, 0.05) is 13.1 Å². The largest absolute Gasteiger partial charge is 0.481 e. The molecule has 0 spiro atoms. The summed E-state index contributed by atoms with van der Waals surface area (Å²) in [7, 11) is 0. The topological polar surface area (TPSA) is 66.8 Å². The van der Waals surface area contributed by atoms with Crippen molar-refractivity contribution in [2.24, 2.45) is 5.92 Å². The van der Waals surface area contributed by atoms with Crippen molar-refractivity contribution in [3.05, 3.63) is 35.9 Å². The van der Waals surface area contributed by atoms with Crippen molar-refractivity contribution in [1.29, 1.82) is 0 Å². The SMILES string of the molecule is CCCCCCCCCCCC(C)C(=O)O.O=C(OCc1ccccc1)N1CCCC1. The molecule has 31 heavy (non-hydrogen) atoms. The molecule has 1 aliphatic rings. The van der Waals surface area contributed by atoms with E-state index in [2.05, 4.69) is 6.92 Å². The Kier molecular flexibility index (Phi) is 15.3. The first-order chi connectivity index (χ1) is 15.0. The van der Waals surface area contributed by atoms with Crippen LogP contribution in [-0.2, 0) is 16.1 Å². The molecule has 176 valence electrons. The first-order valence-electron chi connectivity index (χ1n) is 12.2. The van der Waals surface area contributed by atoms with Crippen molar-refractivity contribution in [3.63, 3.8) is 0 Å². The number of nitrogens with zero attached hydrogens (tertiary/aromatic N) is 1. The van der Waals surface area contributed by atoms with E-state index in [0.717, 1.165) is 44.3 Å². The van der Waals surface area contributed by atoms with Crippen molar-refractivity contribution in [2.75, 3.05) is 13.1 Å². The molecule has 1 atom stereocenters. The van der Waals surface area contributed by atoms with Gasteiger partial charge in [0.15, 0.2) is 0 Å². The number of amides is 1. The van der Waals surface area contributed by atoms with Crippen molar-refractivity contribution >= 4 is 12.1 Å². The van der Waals surface area contributed by atoms with Crippen LogP contribution in [0.5, 0.6) is 0 Å². The maximum absolute atomic E-state index is 11.5. The van der Waals surface area contributed by atoms with Crippen LogP contribution in [0.1, 0.15) is 96.5 Å². The Morgan fingerprint density at radius 2 is 1.48 bits per heavy atom. The number of hydrogen-bond donors (Lipinski definition) is 1. The zero-order chi connectivity index (χ0) is 22.7. The summed E-state index contributed by atoms with van der Waals surface area (Å²) in [4.78, 5) is 23.9. The van der Waals surface area contributed by atoms with Gasteiger partial charge in [-0.1, -0.05) is 102 Å². The molecule has 1 N–H and O–H groups in total. The zero-order valence-electron chi connectivity index (χ0n) is 19.7. The molecule has 0 radical (unpaired) electrons. The maximum atomic E-state index is 11.5. The van der Waals surface area contributed by atoms with Crippen LogP contribution in [0.25, 0.3) is 0 Å². The first kappa shape index (κ1) is 27.0. The van der Waals surface area contributed by atoms with Gasteiger partial charge >= 0.3 is 12.1 Å². The second-order valence-electron chi connectivity index (χ2n) is 8.59. The highest BCUT2D eigenvalue weighted by Gasteiger charge is 2.18. The van der Waals surface area contributed by atoms with E-state index in [4.69, 9.17) is 9.84 Å². The molecule has 5 heteroatoms. The Hall–Kier alpha value is -2.04. The highest BCUT2D eigenvalue weighted by Crippen LogP contribution is 2.13. The molecule has 1 unspecified atom stereocenters. The Morgan fingerprint density at radius 1 is 0.935 bits per heavy atom. The lowest BCUT2D eigenvalue weighted by Crippen LogP contribution is -2.28. The van der Waals surface area contributed by atoms with E-state index in [9.17, 15) is 9.59 Å². The van der Waals surface area contributed by atoms with E-state index in [1.165, 1.54) is 51.4 Å². The Labute approximate surface area is 189 Å². The van der Waals surface area contributed by atoms with Crippen LogP contribution in [0.4, 0.5) is 4.79 Å². The van der Waals surface area contributed by atoms with E-state index < -0.39 is 5.97 Å². The Morgan fingerprint density at radius 3 is 2.03 bits per heavy atom. The van der Waals surface area contributed by atoms with Gasteiger partial charge in [-0.3, -0.25) is 4.79 Å². The van der Waals surface area contributed by atoms with Gasteiger partial charge in [0.2, 0.25) is 0 Å².